The molecule has 2 aromatic carbocycles. The van der Waals surface area contributed by atoms with Crippen molar-refractivity contribution >= 4 is 17.6 Å². The van der Waals surface area contributed by atoms with Gasteiger partial charge in [-0.05, 0) is 24.2 Å². The van der Waals surface area contributed by atoms with Gasteiger partial charge in [0.15, 0.2) is 0 Å². The van der Waals surface area contributed by atoms with Crippen LogP contribution < -0.4 is 0 Å². The number of halogens is 1. The Balaban J connectivity index is 2.23. The van der Waals surface area contributed by atoms with Crippen LogP contribution in [0.25, 0.3) is 0 Å². The van der Waals surface area contributed by atoms with Crippen molar-refractivity contribution in [3.8, 4) is 0 Å². The maximum Gasteiger partial charge on any atom is 0.325 e. The Labute approximate surface area is 123 Å². The summed E-state index contributed by atoms with van der Waals surface area (Å²) in [5.41, 5.74) is 1.67. The van der Waals surface area contributed by atoms with Gasteiger partial charge in [-0.25, -0.2) is 0 Å². The van der Waals surface area contributed by atoms with Crippen molar-refractivity contribution in [1.82, 2.24) is 4.90 Å². The lowest BCUT2D eigenvalue weighted by molar-refractivity contribution is -0.143. The van der Waals surface area contributed by atoms with Crippen molar-refractivity contribution in [2.75, 3.05) is 7.05 Å². The van der Waals surface area contributed by atoms with Crippen LogP contribution in [0.4, 0.5) is 0 Å². The molecule has 2 rings (SSSR count). The Hall–Kier alpha value is -1.84. The molecule has 0 amide bonds. The van der Waals surface area contributed by atoms with Gasteiger partial charge in [0.25, 0.3) is 0 Å². The molecule has 4 heteroatoms. The van der Waals surface area contributed by atoms with Gasteiger partial charge < -0.3 is 5.11 Å². The highest BCUT2D eigenvalue weighted by molar-refractivity contribution is 6.31. The first-order valence-electron chi connectivity index (χ1n) is 6.31. The highest BCUT2D eigenvalue weighted by atomic mass is 35.5. The minimum Gasteiger partial charge on any atom is -0.480 e. The van der Waals surface area contributed by atoms with Gasteiger partial charge in [-0.1, -0.05) is 60.1 Å². The van der Waals surface area contributed by atoms with Gasteiger partial charge in [0.1, 0.15) is 6.04 Å². The van der Waals surface area contributed by atoms with Gasteiger partial charge in [0.05, 0.1) is 0 Å². The molecule has 104 valence electrons. The molecule has 0 fully saturated rings. The molecular formula is C16H16ClNO2. The second-order valence-corrected chi connectivity index (χ2v) is 5.07. The average Bonchev–Trinajstić information content (AvgIpc) is 2.42. The number of carboxylic acids is 1. The molecule has 0 radical (unpaired) electrons. The standard InChI is InChI=1S/C16H16ClNO2/c1-18(11-13-9-5-6-10-14(13)17)15(16(19)20)12-7-3-2-4-8-12/h2-10,15H,11H2,1H3,(H,19,20). The fourth-order valence-electron chi connectivity index (χ4n) is 2.21. The van der Waals surface area contributed by atoms with Crippen molar-refractivity contribution in [2.45, 2.75) is 12.6 Å². The third kappa shape index (κ3) is 3.38. The van der Waals surface area contributed by atoms with Crippen molar-refractivity contribution in [2.24, 2.45) is 0 Å². The topological polar surface area (TPSA) is 40.5 Å². The third-order valence-electron chi connectivity index (χ3n) is 3.17. The van der Waals surface area contributed by atoms with E-state index in [2.05, 4.69) is 0 Å². The SMILES string of the molecule is CN(Cc1ccccc1Cl)C(C(=O)O)c1ccccc1. The minimum absolute atomic E-state index is 0.478. The fraction of sp³-hybridized carbons (Fsp3) is 0.188. The number of rotatable bonds is 5. The van der Waals surface area contributed by atoms with Crippen LogP contribution in [0.2, 0.25) is 5.02 Å². The van der Waals surface area contributed by atoms with Gasteiger partial charge >= 0.3 is 5.97 Å². The number of likely N-dealkylation sites (N-methyl/N-ethyl adjacent to an activating group) is 1. The Kier molecular flexibility index (Phi) is 4.77. The lowest BCUT2D eigenvalue weighted by Gasteiger charge is -2.25. The summed E-state index contributed by atoms with van der Waals surface area (Å²) in [6, 6.07) is 16.0. The van der Waals surface area contributed by atoms with E-state index < -0.39 is 12.0 Å². The highest BCUT2D eigenvalue weighted by Crippen LogP contribution is 2.24. The maximum atomic E-state index is 11.5. The summed E-state index contributed by atoms with van der Waals surface area (Å²) in [5, 5.41) is 10.1. The molecule has 0 spiro atoms. The predicted octanol–water partition coefficient (Wildman–Crippen LogP) is 3.60. The van der Waals surface area contributed by atoms with E-state index in [-0.39, 0.29) is 0 Å². The van der Waals surface area contributed by atoms with Crippen LogP contribution >= 0.6 is 11.6 Å². The summed E-state index contributed by atoms with van der Waals surface area (Å²) in [5.74, 6) is -0.870. The number of hydrogen-bond donors (Lipinski definition) is 1. The van der Waals surface area contributed by atoms with Gasteiger partial charge in [0, 0.05) is 11.6 Å². The predicted molar refractivity (Wildman–Crippen MR) is 79.7 cm³/mol. The zero-order chi connectivity index (χ0) is 14.5. The van der Waals surface area contributed by atoms with Gasteiger partial charge in [-0.2, -0.15) is 0 Å². The van der Waals surface area contributed by atoms with Crippen LogP contribution in [0.15, 0.2) is 54.6 Å². The molecule has 0 saturated heterocycles. The second kappa shape index (κ2) is 6.55. The summed E-state index contributed by atoms with van der Waals surface area (Å²) in [4.78, 5) is 13.3. The minimum atomic E-state index is -0.870. The molecule has 20 heavy (non-hydrogen) atoms. The van der Waals surface area contributed by atoms with Crippen LogP contribution in [0, 0.1) is 0 Å². The van der Waals surface area contributed by atoms with Crippen molar-refractivity contribution in [3.05, 3.63) is 70.7 Å². The molecule has 0 aliphatic carbocycles. The van der Waals surface area contributed by atoms with Crippen LogP contribution in [-0.2, 0) is 11.3 Å². The lowest BCUT2D eigenvalue weighted by atomic mass is 10.1. The number of aliphatic carboxylic acids is 1. The smallest absolute Gasteiger partial charge is 0.325 e. The third-order valence-corrected chi connectivity index (χ3v) is 3.54. The quantitative estimate of drug-likeness (QED) is 0.914. The van der Waals surface area contributed by atoms with Crippen LogP contribution in [0.5, 0.6) is 0 Å². The number of carboxylic acid groups (broad SMARTS) is 1. The van der Waals surface area contributed by atoms with Gasteiger partial charge in [-0.3, -0.25) is 9.69 Å². The summed E-state index contributed by atoms with van der Waals surface area (Å²) >= 11 is 6.12. The number of nitrogens with zero attached hydrogens (tertiary/aromatic N) is 1. The van der Waals surface area contributed by atoms with E-state index >= 15 is 0 Å². The zero-order valence-electron chi connectivity index (χ0n) is 11.2. The van der Waals surface area contributed by atoms with E-state index in [1.54, 1.807) is 11.9 Å². The largest absolute Gasteiger partial charge is 0.480 e. The molecule has 1 N–H and O–H groups in total. The Morgan fingerprint density at radius 2 is 1.75 bits per heavy atom. The van der Waals surface area contributed by atoms with E-state index in [0.717, 1.165) is 11.1 Å². The van der Waals surface area contributed by atoms with E-state index in [0.29, 0.717) is 11.6 Å². The van der Waals surface area contributed by atoms with E-state index in [9.17, 15) is 9.90 Å². The summed E-state index contributed by atoms with van der Waals surface area (Å²) in [7, 11) is 1.79. The Bertz CT molecular complexity index is 586. The second-order valence-electron chi connectivity index (χ2n) is 4.66. The molecule has 2 aromatic rings. The van der Waals surface area contributed by atoms with E-state index in [1.807, 2.05) is 54.6 Å². The molecule has 3 nitrogen and oxygen atoms in total. The van der Waals surface area contributed by atoms with Crippen LogP contribution in [-0.4, -0.2) is 23.0 Å². The molecule has 0 aliphatic rings. The molecule has 0 bridgehead atoms. The number of carbonyl (C=O) groups is 1. The summed E-state index contributed by atoms with van der Waals surface area (Å²) < 4.78 is 0. The van der Waals surface area contributed by atoms with Gasteiger partial charge in [0.2, 0.25) is 0 Å². The first-order chi connectivity index (χ1) is 9.59. The maximum absolute atomic E-state index is 11.5. The molecule has 0 heterocycles. The van der Waals surface area contributed by atoms with E-state index in [1.165, 1.54) is 0 Å². The van der Waals surface area contributed by atoms with Crippen molar-refractivity contribution < 1.29 is 9.90 Å². The molecule has 1 unspecified atom stereocenters. The number of benzene rings is 2. The average molecular weight is 290 g/mol. The molecule has 0 saturated carbocycles. The fourth-order valence-corrected chi connectivity index (χ4v) is 2.40. The van der Waals surface area contributed by atoms with Crippen molar-refractivity contribution in [3.63, 3.8) is 0 Å². The summed E-state index contributed by atoms with van der Waals surface area (Å²) in [6.07, 6.45) is 0. The molecule has 1 atom stereocenters. The normalized spacial score (nSPS) is 12.3. The van der Waals surface area contributed by atoms with Crippen LogP contribution in [0.1, 0.15) is 17.2 Å². The molecular weight excluding hydrogens is 274 g/mol. The summed E-state index contributed by atoms with van der Waals surface area (Å²) in [6.45, 7) is 0.478. The molecule has 0 aliphatic heterocycles. The first kappa shape index (κ1) is 14.6. The first-order valence-corrected chi connectivity index (χ1v) is 6.69. The Morgan fingerprint density at radius 3 is 2.35 bits per heavy atom. The monoisotopic (exact) mass is 289 g/mol. The number of hydrogen-bond acceptors (Lipinski definition) is 2. The Morgan fingerprint density at radius 1 is 1.15 bits per heavy atom. The molecule has 0 aromatic heterocycles. The zero-order valence-corrected chi connectivity index (χ0v) is 11.9. The van der Waals surface area contributed by atoms with Crippen LogP contribution in [0.3, 0.4) is 0 Å². The van der Waals surface area contributed by atoms with E-state index in [4.69, 9.17) is 11.6 Å². The highest BCUT2D eigenvalue weighted by Gasteiger charge is 2.24. The van der Waals surface area contributed by atoms with Gasteiger partial charge in [-0.15, -0.1) is 0 Å². The van der Waals surface area contributed by atoms with Crippen molar-refractivity contribution in [1.29, 1.82) is 0 Å². The lowest BCUT2D eigenvalue weighted by Crippen LogP contribution is -2.30.